The Kier molecular flexibility index (Phi) is 11.5. The van der Waals surface area contributed by atoms with Crippen LogP contribution in [0.25, 0.3) is 0 Å². The van der Waals surface area contributed by atoms with E-state index in [1.807, 2.05) is 23.6 Å². The van der Waals surface area contributed by atoms with Gasteiger partial charge < -0.3 is 25.8 Å². The van der Waals surface area contributed by atoms with Crippen molar-refractivity contribution in [2.24, 2.45) is 5.92 Å². The number of carbonyl (C=O) groups is 3. The van der Waals surface area contributed by atoms with E-state index in [-0.39, 0.29) is 31.9 Å². The summed E-state index contributed by atoms with van der Waals surface area (Å²) in [7, 11) is 0. The first-order valence-corrected chi connectivity index (χ1v) is 9.87. The van der Waals surface area contributed by atoms with Crippen LogP contribution in [0.4, 0.5) is 4.79 Å². The number of guanidine groups is 1. The Morgan fingerprint density at radius 1 is 1.12 bits per heavy atom. The zero-order valence-electron chi connectivity index (χ0n) is 17.9. The van der Waals surface area contributed by atoms with Gasteiger partial charge in [0.2, 0.25) is 5.96 Å². The molecule has 0 saturated heterocycles. The number of hydrogen-bond acceptors (Lipinski definition) is 8. The number of nitrogens with one attached hydrogen (secondary N) is 5. The number of carboxylic acids is 1. The van der Waals surface area contributed by atoms with Gasteiger partial charge in [-0.2, -0.15) is 0 Å². The van der Waals surface area contributed by atoms with E-state index in [1.165, 1.54) is 0 Å². The molecule has 178 valence electrons. The summed E-state index contributed by atoms with van der Waals surface area (Å²) in [6.07, 6.45) is 0.265. The molecule has 1 aromatic carbocycles. The maximum Gasteiger partial charge on any atom is 0.329 e. The molecule has 8 N–H and O–H groups in total. The third-order valence-corrected chi connectivity index (χ3v) is 4.22. The van der Waals surface area contributed by atoms with E-state index in [9.17, 15) is 19.5 Å². The van der Waals surface area contributed by atoms with Crippen molar-refractivity contribution >= 4 is 23.9 Å². The fourth-order valence-electron chi connectivity index (χ4n) is 2.57. The molecule has 32 heavy (non-hydrogen) atoms. The Labute approximate surface area is 185 Å². The number of amides is 2. The Balaban J connectivity index is 2.52. The van der Waals surface area contributed by atoms with Crippen LogP contribution < -0.4 is 21.4 Å². The van der Waals surface area contributed by atoms with Gasteiger partial charge in [0.1, 0.15) is 18.7 Å². The van der Waals surface area contributed by atoms with Gasteiger partial charge in [0.05, 0.1) is 0 Å². The molecule has 0 aliphatic heterocycles. The summed E-state index contributed by atoms with van der Waals surface area (Å²) in [6.45, 7) is 3.62. The summed E-state index contributed by atoms with van der Waals surface area (Å²) in [5.41, 5.74) is 2.62. The highest BCUT2D eigenvalue weighted by molar-refractivity contribution is 5.86. The van der Waals surface area contributed by atoms with Crippen molar-refractivity contribution in [2.45, 2.75) is 45.4 Å². The first-order chi connectivity index (χ1) is 15.1. The molecule has 0 radical (unpaired) electrons. The Hall–Kier alpha value is -3.42. The van der Waals surface area contributed by atoms with Crippen LogP contribution in [0.15, 0.2) is 30.3 Å². The van der Waals surface area contributed by atoms with Gasteiger partial charge in [-0.3, -0.25) is 15.8 Å². The molecule has 0 spiro atoms. The average molecular weight is 454 g/mol. The second-order valence-corrected chi connectivity index (χ2v) is 7.17. The molecule has 0 bridgehead atoms. The predicted molar refractivity (Wildman–Crippen MR) is 111 cm³/mol. The monoisotopic (exact) mass is 454 g/mol. The Bertz CT molecular complexity index is 760. The average Bonchev–Trinajstić information content (AvgIpc) is 2.72. The zero-order chi connectivity index (χ0) is 24.1. The lowest BCUT2D eigenvalue weighted by Crippen LogP contribution is -2.53. The van der Waals surface area contributed by atoms with E-state index >= 15 is 0 Å². The van der Waals surface area contributed by atoms with Crippen LogP contribution in [0.3, 0.4) is 0 Å². The number of urea groups is 1. The summed E-state index contributed by atoms with van der Waals surface area (Å²) in [6, 6.07) is 6.01. The number of ether oxygens (including phenoxy) is 1. The minimum absolute atomic E-state index is 0.0236. The van der Waals surface area contributed by atoms with Gasteiger partial charge in [-0.1, -0.05) is 44.2 Å². The lowest BCUT2D eigenvalue weighted by molar-refractivity contribution is -0.330. The molecule has 13 nitrogen and oxygen atoms in total. The quantitative estimate of drug-likeness (QED) is 0.0719. The predicted octanol–water partition coefficient (Wildman–Crippen LogP) is 0.396. The number of benzene rings is 1. The number of carboxylic acid groups (broad SMARTS) is 1. The van der Waals surface area contributed by atoms with Crippen LogP contribution in [0.1, 0.15) is 32.3 Å². The highest BCUT2D eigenvalue weighted by Crippen LogP contribution is 2.08. The largest absolute Gasteiger partial charge is 0.480 e. The number of carbonyl (C=O) groups excluding carboxylic acids is 2. The van der Waals surface area contributed by atoms with Crippen LogP contribution >= 0.6 is 0 Å². The molecule has 0 heterocycles. The van der Waals surface area contributed by atoms with E-state index in [4.69, 9.17) is 20.6 Å². The van der Waals surface area contributed by atoms with Crippen molar-refractivity contribution in [3.05, 3.63) is 35.9 Å². The molecule has 0 aliphatic carbocycles. The van der Waals surface area contributed by atoms with Gasteiger partial charge in [-0.25, -0.2) is 19.8 Å². The summed E-state index contributed by atoms with van der Waals surface area (Å²) >= 11 is 0. The molecule has 13 heteroatoms. The van der Waals surface area contributed by atoms with E-state index < -0.39 is 41.3 Å². The van der Waals surface area contributed by atoms with E-state index in [0.717, 1.165) is 5.56 Å². The molecule has 0 aromatic heterocycles. The Morgan fingerprint density at radius 3 is 2.34 bits per heavy atom. The zero-order valence-corrected chi connectivity index (χ0v) is 17.9. The third-order valence-electron chi connectivity index (χ3n) is 4.22. The minimum Gasteiger partial charge on any atom is -0.480 e. The fourth-order valence-corrected chi connectivity index (χ4v) is 2.57. The SMILES string of the molecule is CC(C)[C@H](NC(=O)N[C@@H](CCCNC(=N)NN(O)O)C(=O)O)C(=O)OCc1ccccc1. The van der Waals surface area contributed by atoms with Crippen molar-refractivity contribution in [1.29, 1.82) is 5.41 Å². The van der Waals surface area contributed by atoms with Gasteiger partial charge in [0.25, 0.3) is 0 Å². The topological polar surface area (TPSA) is 196 Å². The highest BCUT2D eigenvalue weighted by atomic mass is 16.8. The van der Waals surface area contributed by atoms with Gasteiger partial charge >= 0.3 is 18.0 Å². The molecule has 2 amide bonds. The number of esters is 1. The van der Waals surface area contributed by atoms with Crippen LogP contribution in [0.2, 0.25) is 0 Å². The molecular formula is C19H30N6O7. The van der Waals surface area contributed by atoms with Gasteiger partial charge in [0, 0.05) is 11.9 Å². The first kappa shape index (κ1) is 26.6. The number of aliphatic carboxylic acids is 1. The van der Waals surface area contributed by atoms with E-state index in [2.05, 4.69) is 16.0 Å². The smallest absolute Gasteiger partial charge is 0.329 e. The molecule has 1 rings (SSSR count). The van der Waals surface area contributed by atoms with Crippen LogP contribution in [0, 0.1) is 11.3 Å². The van der Waals surface area contributed by atoms with Crippen molar-refractivity contribution in [2.75, 3.05) is 6.54 Å². The number of hydrazine groups is 1. The normalized spacial score (nSPS) is 12.6. The lowest BCUT2D eigenvalue weighted by Gasteiger charge is -2.22. The van der Waals surface area contributed by atoms with Crippen molar-refractivity contribution in [3.63, 3.8) is 0 Å². The third kappa shape index (κ3) is 10.6. The maximum atomic E-state index is 12.4. The number of rotatable bonds is 12. The van der Waals surface area contributed by atoms with Gasteiger partial charge in [0.15, 0.2) is 0 Å². The standard InChI is InChI=1S/C19H30N6O7/c1-12(2)15(17(28)32-11-13-7-4-3-5-8-13)23-19(29)22-14(16(26)27)9-6-10-21-18(20)24-25(30)31/h3-5,7-8,12,14-15,30-31H,6,9-11H2,1-2H3,(H,26,27)(H3,20,21,24)(H2,22,23,29)/t14-,15-/m0/s1. The maximum absolute atomic E-state index is 12.4. The molecule has 0 saturated carbocycles. The first-order valence-electron chi connectivity index (χ1n) is 9.87. The molecule has 0 unspecified atom stereocenters. The van der Waals surface area contributed by atoms with E-state index in [0.29, 0.717) is 0 Å². The van der Waals surface area contributed by atoms with Crippen LogP contribution in [-0.4, -0.2) is 63.4 Å². The minimum atomic E-state index is -1.27. The van der Waals surface area contributed by atoms with Crippen molar-refractivity contribution < 1.29 is 34.6 Å². The number of nitrogens with zero attached hydrogens (tertiary/aromatic N) is 1. The van der Waals surface area contributed by atoms with Crippen molar-refractivity contribution in [3.8, 4) is 0 Å². The molecule has 1 aromatic rings. The molecular weight excluding hydrogens is 424 g/mol. The highest BCUT2D eigenvalue weighted by Gasteiger charge is 2.28. The summed E-state index contributed by atoms with van der Waals surface area (Å²) in [5.74, 6) is -2.62. The van der Waals surface area contributed by atoms with E-state index in [1.54, 1.807) is 26.0 Å². The second-order valence-electron chi connectivity index (χ2n) is 7.17. The molecule has 2 atom stereocenters. The lowest BCUT2D eigenvalue weighted by atomic mass is 10.0. The number of hydrogen-bond donors (Lipinski definition) is 8. The van der Waals surface area contributed by atoms with Crippen LogP contribution in [-0.2, 0) is 20.9 Å². The Morgan fingerprint density at radius 2 is 1.78 bits per heavy atom. The summed E-state index contributed by atoms with van der Waals surface area (Å²) < 4.78 is 5.26. The summed E-state index contributed by atoms with van der Waals surface area (Å²) in [5, 5.41) is 40.5. The second kappa shape index (κ2) is 13.8. The fraction of sp³-hybridized carbons (Fsp3) is 0.474. The van der Waals surface area contributed by atoms with Gasteiger partial charge in [-0.15, -0.1) is 0 Å². The van der Waals surface area contributed by atoms with Crippen molar-refractivity contribution in [1.82, 2.24) is 26.7 Å². The molecule has 0 aliphatic rings. The molecule has 0 fully saturated rings. The van der Waals surface area contributed by atoms with Gasteiger partial charge in [-0.05, 0) is 24.3 Å². The van der Waals surface area contributed by atoms with Crippen LogP contribution in [0.5, 0.6) is 0 Å². The summed E-state index contributed by atoms with van der Waals surface area (Å²) in [4.78, 5) is 36.1.